The summed E-state index contributed by atoms with van der Waals surface area (Å²) in [6.45, 7) is 3.00. The molecule has 3 fully saturated rings. The van der Waals surface area contributed by atoms with Crippen LogP contribution in [0.1, 0.15) is 19.8 Å². The van der Waals surface area contributed by atoms with E-state index in [1.165, 1.54) is 12.8 Å². The molecule has 52 valence electrons. The molecule has 2 saturated heterocycles. The first-order valence-electron chi connectivity index (χ1n) is 3.62. The highest BCUT2D eigenvalue weighted by Crippen LogP contribution is 2.49. The van der Waals surface area contributed by atoms with Gasteiger partial charge >= 0.3 is 0 Å². The van der Waals surface area contributed by atoms with E-state index in [4.69, 9.17) is 10.5 Å². The number of hydrogen-bond donors (Lipinski definition) is 1. The fourth-order valence-electron chi connectivity index (χ4n) is 1.94. The molecule has 0 spiro atoms. The van der Waals surface area contributed by atoms with Gasteiger partial charge in [0.2, 0.25) is 0 Å². The summed E-state index contributed by atoms with van der Waals surface area (Å²) in [5, 5.41) is 0. The molecule has 0 aromatic carbocycles. The molecule has 9 heavy (non-hydrogen) atoms. The zero-order chi connectivity index (χ0) is 6.48. The van der Waals surface area contributed by atoms with Crippen molar-refractivity contribution in [1.29, 1.82) is 0 Å². The predicted octanol–water partition coefficient (Wildman–Crippen LogP) is 0.513. The van der Waals surface area contributed by atoms with Gasteiger partial charge in [-0.2, -0.15) is 0 Å². The first-order chi connectivity index (χ1) is 4.23. The standard InChI is InChI=1S/C7H13NO/c1-5(8)7-2-6(3-7)4-9-7/h5-6H,2-4,8H2,1H3. The quantitative estimate of drug-likeness (QED) is 0.557. The predicted molar refractivity (Wildman–Crippen MR) is 35.1 cm³/mol. The molecule has 3 aliphatic rings. The Morgan fingerprint density at radius 2 is 2.33 bits per heavy atom. The van der Waals surface area contributed by atoms with E-state index in [-0.39, 0.29) is 11.6 Å². The van der Waals surface area contributed by atoms with Gasteiger partial charge in [0, 0.05) is 6.04 Å². The van der Waals surface area contributed by atoms with E-state index in [0.29, 0.717) is 0 Å². The number of hydrogen-bond acceptors (Lipinski definition) is 2. The van der Waals surface area contributed by atoms with Crippen LogP contribution in [0.2, 0.25) is 0 Å². The maximum atomic E-state index is 5.74. The molecular weight excluding hydrogens is 114 g/mol. The minimum absolute atomic E-state index is 0.116. The van der Waals surface area contributed by atoms with Gasteiger partial charge in [-0.3, -0.25) is 0 Å². The van der Waals surface area contributed by atoms with Crippen LogP contribution in [0, 0.1) is 5.92 Å². The summed E-state index contributed by atoms with van der Waals surface area (Å²) in [4.78, 5) is 0. The fourth-order valence-corrected chi connectivity index (χ4v) is 1.94. The summed E-state index contributed by atoms with van der Waals surface area (Å²) in [5.41, 5.74) is 5.86. The van der Waals surface area contributed by atoms with Crippen LogP contribution < -0.4 is 5.73 Å². The van der Waals surface area contributed by atoms with Crippen molar-refractivity contribution in [2.45, 2.75) is 31.4 Å². The summed E-state index contributed by atoms with van der Waals surface area (Å²) < 4.78 is 5.55. The van der Waals surface area contributed by atoms with Gasteiger partial charge in [-0.05, 0) is 25.7 Å². The van der Waals surface area contributed by atoms with E-state index in [2.05, 4.69) is 0 Å². The fraction of sp³-hybridized carbons (Fsp3) is 1.00. The van der Waals surface area contributed by atoms with E-state index in [1.807, 2.05) is 6.92 Å². The topological polar surface area (TPSA) is 35.2 Å². The molecule has 3 rings (SSSR count). The molecule has 1 saturated carbocycles. The lowest BCUT2D eigenvalue weighted by molar-refractivity contribution is -0.0164. The Kier molecular flexibility index (Phi) is 0.945. The van der Waals surface area contributed by atoms with Crippen molar-refractivity contribution in [3.05, 3.63) is 0 Å². The molecule has 1 aliphatic carbocycles. The largest absolute Gasteiger partial charge is 0.373 e. The molecule has 2 heteroatoms. The van der Waals surface area contributed by atoms with Crippen LogP contribution in [-0.4, -0.2) is 18.2 Å². The van der Waals surface area contributed by atoms with Crippen molar-refractivity contribution in [3.8, 4) is 0 Å². The van der Waals surface area contributed by atoms with Crippen molar-refractivity contribution in [1.82, 2.24) is 0 Å². The Bertz CT molecular complexity index is 121. The van der Waals surface area contributed by atoms with E-state index >= 15 is 0 Å². The Balaban J connectivity index is 2.10. The van der Waals surface area contributed by atoms with Gasteiger partial charge < -0.3 is 10.5 Å². The normalized spacial score (nSPS) is 50.7. The molecule has 2 aliphatic heterocycles. The van der Waals surface area contributed by atoms with E-state index in [1.54, 1.807) is 0 Å². The van der Waals surface area contributed by atoms with E-state index < -0.39 is 0 Å². The van der Waals surface area contributed by atoms with Crippen molar-refractivity contribution in [3.63, 3.8) is 0 Å². The van der Waals surface area contributed by atoms with Crippen LogP contribution in [0.4, 0.5) is 0 Å². The van der Waals surface area contributed by atoms with Crippen LogP contribution in [-0.2, 0) is 4.74 Å². The van der Waals surface area contributed by atoms with Crippen LogP contribution in [0.5, 0.6) is 0 Å². The maximum Gasteiger partial charge on any atom is 0.0837 e. The van der Waals surface area contributed by atoms with Crippen LogP contribution in [0.25, 0.3) is 0 Å². The second kappa shape index (κ2) is 1.50. The van der Waals surface area contributed by atoms with Crippen molar-refractivity contribution < 1.29 is 4.74 Å². The summed E-state index contributed by atoms with van der Waals surface area (Å²) in [6, 6.07) is 0.233. The lowest BCUT2D eigenvalue weighted by atomic mass is 9.71. The third-order valence-corrected chi connectivity index (χ3v) is 2.70. The lowest BCUT2D eigenvalue weighted by Crippen LogP contribution is -2.50. The van der Waals surface area contributed by atoms with Gasteiger partial charge in [-0.25, -0.2) is 0 Å². The van der Waals surface area contributed by atoms with Gasteiger partial charge in [0.05, 0.1) is 12.2 Å². The Labute approximate surface area is 55.4 Å². The highest BCUT2D eigenvalue weighted by atomic mass is 16.5. The Morgan fingerprint density at radius 3 is 2.56 bits per heavy atom. The van der Waals surface area contributed by atoms with Crippen molar-refractivity contribution in [2.75, 3.05) is 6.61 Å². The maximum absolute atomic E-state index is 5.74. The smallest absolute Gasteiger partial charge is 0.0837 e. The van der Waals surface area contributed by atoms with Crippen LogP contribution in [0.15, 0.2) is 0 Å². The molecule has 0 aromatic heterocycles. The van der Waals surface area contributed by atoms with Gasteiger partial charge in [0.1, 0.15) is 0 Å². The molecule has 1 atom stereocenters. The number of nitrogens with two attached hydrogens (primary N) is 1. The summed E-state index contributed by atoms with van der Waals surface area (Å²) in [7, 11) is 0. The molecule has 2 heterocycles. The van der Waals surface area contributed by atoms with Crippen LogP contribution >= 0.6 is 0 Å². The average molecular weight is 127 g/mol. The second-order valence-electron chi connectivity index (χ2n) is 3.44. The molecular formula is C7H13NO. The third kappa shape index (κ3) is 0.578. The molecule has 2 nitrogen and oxygen atoms in total. The number of fused-ring (bicyclic) bond motifs is 1. The monoisotopic (exact) mass is 127 g/mol. The van der Waals surface area contributed by atoms with Crippen molar-refractivity contribution in [2.24, 2.45) is 11.7 Å². The van der Waals surface area contributed by atoms with Gasteiger partial charge in [0.25, 0.3) is 0 Å². The highest BCUT2D eigenvalue weighted by molar-refractivity contribution is 5.05. The minimum atomic E-state index is 0.116. The molecule has 2 bridgehead atoms. The lowest BCUT2D eigenvalue weighted by Gasteiger charge is -2.39. The van der Waals surface area contributed by atoms with Gasteiger partial charge in [0.15, 0.2) is 0 Å². The SMILES string of the molecule is CC(N)C12CC(CO1)C2. The first kappa shape index (κ1) is 5.69. The number of rotatable bonds is 1. The highest BCUT2D eigenvalue weighted by Gasteiger charge is 2.53. The average Bonchev–Trinajstić information content (AvgIpc) is 2.13. The number of ether oxygens (including phenoxy) is 1. The van der Waals surface area contributed by atoms with E-state index in [0.717, 1.165) is 12.5 Å². The van der Waals surface area contributed by atoms with Gasteiger partial charge in [-0.1, -0.05) is 0 Å². The van der Waals surface area contributed by atoms with Crippen molar-refractivity contribution >= 4 is 0 Å². The molecule has 2 N–H and O–H groups in total. The zero-order valence-corrected chi connectivity index (χ0v) is 5.76. The second-order valence-corrected chi connectivity index (χ2v) is 3.44. The van der Waals surface area contributed by atoms with Gasteiger partial charge in [-0.15, -0.1) is 0 Å². The molecule has 0 aromatic rings. The summed E-state index contributed by atoms with van der Waals surface area (Å²) >= 11 is 0. The van der Waals surface area contributed by atoms with Crippen LogP contribution in [0.3, 0.4) is 0 Å². The zero-order valence-electron chi connectivity index (χ0n) is 5.76. The Hall–Kier alpha value is -0.0800. The molecule has 0 amide bonds. The first-order valence-corrected chi connectivity index (χ1v) is 3.62. The van der Waals surface area contributed by atoms with E-state index in [9.17, 15) is 0 Å². The Morgan fingerprint density at radius 1 is 1.67 bits per heavy atom. The third-order valence-electron chi connectivity index (χ3n) is 2.70. The molecule has 0 radical (unpaired) electrons. The summed E-state index contributed by atoms with van der Waals surface area (Å²) in [5.74, 6) is 0.844. The summed E-state index contributed by atoms with van der Waals surface area (Å²) in [6.07, 6.45) is 2.43. The molecule has 1 unspecified atom stereocenters. The minimum Gasteiger partial charge on any atom is -0.373 e.